The number of carbonyl (C=O) groups is 1. The Labute approximate surface area is 124 Å². The maximum Gasteiger partial charge on any atom is 0.263 e. The molecule has 0 bridgehead atoms. The summed E-state index contributed by atoms with van der Waals surface area (Å²) in [5.41, 5.74) is -1.00. The number of hydrogen-bond donors (Lipinski definition) is 2. The third-order valence-electron chi connectivity index (χ3n) is 3.37. The molecule has 1 unspecified atom stereocenters. The number of aliphatic hydroxyl groups excluding tert-OH is 1. The predicted molar refractivity (Wildman–Crippen MR) is 77.9 cm³/mol. The summed E-state index contributed by atoms with van der Waals surface area (Å²) < 4.78 is 5.67. The van der Waals surface area contributed by atoms with E-state index >= 15 is 0 Å². The summed E-state index contributed by atoms with van der Waals surface area (Å²) in [6, 6.07) is 6.86. The van der Waals surface area contributed by atoms with Gasteiger partial charge in [-0.1, -0.05) is 11.6 Å². The number of carbonyl (C=O) groups excluding carboxylic acids is 1. The van der Waals surface area contributed by atoms with Gasteiger partial charge in [-0.05, 0) is 56.9 Å². The lowest BCUT2D eigenvalue weighted by Gasteiger charge is -2.26. The molecular formula is C15H20ClNO3. The second kappa shape index (κ2) is 6.02. The van der Waals surface area contributed by atoms with Gasteiger partial charge in [-0.3, -0.25) is 4.79 Å². The van der Waals surface area contributed by atoms with Crippen LogP contribution in [-0.4, -0.2) is 29.3 Å². The van der Waals surface area contributed by atoms with Crippen molar-refractivity contribution in [1.29, 1.82) is 0 Å². The highest BCUT2D eigenvalue weighted by molar-refractivity contribution is 6.30. The number of amides is 1. The zero-order valence-electron chi connectivity index (χ0n) is 11.7. The average molecular weight is 298 g/mol. The summed E-state index contributed by atoms with van der Waals surface area (Å²) in [7, 11) is 0. The van der Waals surface area contributed by atoms with Crippen LogP contribution in [-0.2, 0) is 4.79 Å². The van der Waals surface area contributed by atoms with E-state index in [9.17, 15) is 9.90 Å². The van der Waals surface area contributed by atoms with Gasteiger partial charge < -0.3 is 15.2 Å². The molecule has 1 fully saturated rings. The van der Waals surface area contributed by atoms with E-state index in [-0.39, 0.29) is 12.5 Å². The quantitative estimate of drug-likeness (QED) is 0.847. The van der Waals surface area contributed by atoms with E-state index in [4.69, 9.17) is 16.3 Å². The van der Waals surface area contributed by atoms with E-state index in [1.165, 1.54) is 0 Å². The van der Waals surface area contributed by atoms with E-state index in [0.717, 1.165) is 12.8 Å². The van der Waals surface area contributed by atoms with E-state index in [1.54, 1.807) is 38.1 Å². The van der Waals surface area contributed by atoms with Crippen molar-refractivity contribution in [3.63, 3.8) is 0 Å². The number of benzene rings is 1. The first-order valence-corrected chi connectivity index (χ1v) is 7.17. The van der Waals surface area contributed by atoms with Crippen molar-refractivity contribution in [1.82, 2.24) is 5.32 Å². The SMILES string of the molecule is CC(C)(Oc1ccc(Cl)cc1)C(=O)NCC(O)C1CC1. The normalized spacial score (nSPS) is 16.6. The minimum atomic E-state index is -1.00. The fourth-order valence-electron chi connectivity index (χ4n) is 1.90. The lowest BCUT2D eigenvalue weighted by molar-refractivity contribution is -0.134. The largest absolute Gasteiger partial charge is 0.478 e. The monoisotopic (exact) mass is 297 g/mol. The van der Waals surface area contributed by atoms with Gasteiger partial charge in [-0.25, -0.2) is 0 Å². The molecule has 0 heterocycles. The highest BCUT2D eigenvalue weighted by Gasteiger charge is 2.33. The second-order valence-corrected chi connectivity index (χ2v) is 6.12. The van der Waals surface area contributed by atoms with Crippen molar-refractivity contribution >= 4 is 17.5 Å². The lowest BCUT2D eigenvalue weighted by Crippen LogP contribution is -2.48. The Balaban J connectivity index is 1.87. The zero-order chi connectivity index (χ0) is 14.8. The summed E-state index contributed by atoms with van der Waals surface area (Å²) in [6.45, 7) is 3.66. The fraction of sp³-hybridized carbons (Fsp3) is 0.533. The Bertz CT molecular complexity index is 469. The minimum absolute atomic E-state index is 0.243. The minimum Gasteiger partial charge on any atom is -0.478 e. The lowest BCUT2D eigenvalue weighted by atomic mass is 10.1. The van der Waals surface area contributed by atoms with Crippen molar-refractivity contribution in [2.24, 2.45) is 5.92 Å². The molecule has 1 aromatic rings. The Morgan fingerprint density at radius 1 is 1.45 bits per heavy atom. The molecule has 0 aromatic heterocycles. The standard InChI is InChI=1S/C15H20ClNO3/c1-15(2,20-12-7-5-11(16)6-8-12)14(19)17-9-13(18)10-3-4-10/h5-8,10,13,18H,3-4,9H2,1-2H3,(H,17,19). The van der Waals surface area contributed by atoms with Crippen LogP contribution in [0.1, 0.15) is 26.7 Å². The van der Waals surface area contributed by atoms with Crippen LogP contribution in [0.5, 0.6) is 5.75 Å². The van der Waals surface area contributed by atoms with E-state index in [2.05, 4.69) is 5.32 Å². The Kier molecular flexibility index (Phi) is 4.55. The average Bonchev–Trinajstić information content (AvgIpc) is 3.22. The molecule has 110 valence electrons. The van der Waals surface area contributed by atoms with Gasteiger partial charge in [0.2, 0.25) is 0 Å². The molecule has 1 aliphatic rings. The first-order chi connectivity index (χ1) is 9.38. The third kappa shape index (κ3) is 4.12. The molecule has 0 saturated heterocycles. The second-order valence-electron chi connectivity index (χ2n) is 5.68. The molecule has 2 N–H and O–H groups in total. The molecule has 5 heteroatoms. The number of halogens is 1. The summed E-state index contributed by atoms with van der Waals surface area (Å²) in [4.78, 5) is 12.1. The van der Waals surface area contributed by atoms with Crippen LogP contribution in [0, 0.1) is 5.92 Å². The molecule has 1 atom stereocenters. The van der Waals surface area contributed by atoms with Crippen LogP contribution in [0.4, 0.5) is 0 Å². The highest BCUT2D eigenvalue weighted by atomic mass is 35.5. The maximum atomic E-state index is 12.1. The summed E-state index contributed by atoms with van der Waals surface area (Å²) in [6.07, 6.45) is 1.63. The van der Waals surface area contributed by atoms with Gasteiger partial charge in [-0.2, -0.15) is 0 Å². The summed E-state index contributed by atoms with van der Waals surface area (Å²) in [5, 5.41) is 13.1. The first kappa shape index (κ1) is 15.1. The van der Waals surface area contributed by atoms with Gasteiger partial charge in [0.25, 0.3) is 5.91 Å². The number of hydrogen-bond acceptors (Lipinski definition) is 3. The third-order valence-corrected chi connectivity index (χ3v) is 3.62. The smallest absolute Gasteiger partial charge is 0.263 e. The number of rotatable bonds is 6. The number of ether oxygens (including phenoxy) is 1. The fourth-order valence-corrected chi connectivity index (χ4v) is 2.03. The van der Waals surface area contributed by atoms with Gasteiger partial charge in [0.1, 0.15) is 5.75 Å². The predicted octanol–water partition coefficient (Wildman–Crippen LogP) is 2.38. The van der Waals surface area contributed by atoms with Crippen LogP contribution in [0.15, 0.2) is 24.3 Å². The van der Waals surface area contributed by atoms with Crippen LogP contribution in [0.25, 0.3) is 0 Å². The van der Waals surface area contributed by atoms with Crippen molar-refractivity contribution in [3.8, 4) is 5.75 Å². The van der Waals surface area contributed by atoms with Gasteiger partial charge >= 0.3 is 0 Å². The van der Waals surface area contributed by atoms with Crippen LogP contribution < -0.4 is 10.1 Å². The van der Waals surface area contributed by atoms with Crippen LogP contribution >= 0.6 is 11.6 Å². The topological polar surface area (TPSA) is 58.6 Å². The first-order valence-electron chi connectivity index (χ1n) is 6.79. The molecule has 1 aliphatic carbocycles. The van der Waals surface area contributed by atoms with Crippen molar-refractivity contribution in [2.45, 2.75) is 38.4 Å². The summed E-state index contributed by atoms with van der Waals surface area (Å²) in [5.74, 6) is 0.681. The van der Waals surface area contributed by atoms with Gasteiger partial charge in [0.05, 0.1) is 6.10 Å². The zero-order valence-corrected chi connectivity index (χ0v) is 12.5. The van der Waals surface area contributed by atoms with Crippen LogP contribution in [0.2, 0.25) is 5.02 Å². The van der Waals surface area contributed by atoms with E-state index < -0.39 is 11.7 Å². The molecule has 1 aromatic carbocycles. The molecule has 0 radical (unpaired) electrons. The van der Waals surface area contributed by atoms with Crippen LogP contribution in [0.3, 0.4) is 0 Å². The Morgan fingerprint density at radius 3 is 2.60 bits per heavy atom. The van der Waals surface area contributed by atoms with Gasteiger partial charge in [0.15, 0.2) is 5.60 Å². The molecule has 1 saturated carbocycles. The molecule has 0 spiro atoms. The number of aliphatic hydroxyl groups is 1. The molecule has 20 heavy (non-hydrogen) atoms. The van der Waals surface area contributed by atoms with E-state index in [0.29, 0.717) is 16.7 Å². The van der Waals surface area contributed by atoms with Crippen molar-refractivity contribution in [2.75, 3.05) is 6.54 Å². The summed E-state index contributed by atoms with van der Waals surface area (Å²) >= 11 is 5.80. The molecule has 0 aliphatic heterocycles. The van der Waals surface area contributed by atoms with E-state index in [1.807, 2.05) is 0 Å². The van der Waals surface area contributed by atoms with Crippen molar-refractivity contribution < 1.29 is 14.6 Å². The Morgan fingerprint density at radius 2 is 2.05 bits per heavy atom. The number of nitrogens with one attached hydrogen (secondary N) is 1. The van der Waals surface area contributed by atoms with Gasteiger partial charge in [0, 0.05) is 11.6 Å². The maximum absolute atomic E-state index is 12.1. The molecule has 2 rings (SSSR count). The highest BCUT2D eigenvalue weighted by Crippen LogP contribution is 2.32. The van der Waals surface area contributed by atoms with Gasteiger partial charge in [-0.15, -0.1) is 0 Å². The molecule has 1 amide bonds. The van der Waals surface area contributed by atoms with Crippen molar-refractivity contribution in [3.05, 3.63) is 29.3 Å². The Hall–Kier alpha value is -1.26. The molecule has 4 nitrogen and oxygen atoms in total. The molecular weight excluding hydrogens is 278 g/mol.